The van der Waals surface area contributed by atoms with Crippen molar-refractivity contribution in [1.29, 1.82) is 0 Å². The van der Waals surface area contributed by atoms with Gasteiger partial charge in [0.25, 0.3) is 0 Å². The number of hydrogen-bond donors (Lipinski definition) is 1. The smallest absolute Gasteiger partial charge is 0.366 e. The molecular formula is C20H22F6N2O2. The fourth-order valence-corrected chi connectivity index (χ4v) is 4.64. The predicted octanol–water partition coefficient (Wildman–Crippen LogP) is 4.51. The number of likely N-dealkylation sites (tertiary alicyclic amines) is 1. The first-order valence-corrected chi connectivity index (χ1v) is 9.77. The summed E-state index contributed by atoms with van der Waals surface area (Å²) in [6, 6.07) is 0.253. The maximum atomic E-state index is 13.6. The van der Waals surface area contributed by atoms with Gasteiger partial charge in [0, 0.05) is 37.9 Å². The molecule has 4 nitrogen and oxygen atoms in total. The quantitative estimate of drug-likeness (QED) is 0.709. The van der Waals surface area contributed by atoms with E-state index >= 15 is 0 Å². The Morgan fingerprint density at radius 3 is 2.10 bits per heavy atom. The van der Waals surface area contributed by atoms with Gasteiger partial charge < -0.3 is 5.73 Å². The summed E-state index contributed by atoms with van der Waals surface area (Å²) in [7, 11) is 0. The molecule has 166 valence electrons. The van der Waals surface area contributed by atoms with Crippen LogP contribution in [0.15, 0.2) is 12.1 Å². The number of primary amides is 1. The van der Waals surface area contributed by atoms with E-state index in [1.807, 2.05) is 4.90 Å². The Hall–Kier alpha value is -2.10. The summed E-state index contributed by atoms with van der Waals surface area (Å²) in [5.74, 6) is -2.03. The lowest BCUT2D eigenvalue weighted by Gasteiger charge is -2.42. The molecule has 10 heteroatoms. The van der Waals surface area contributed by atoms with Crippen molar-refractivity contribution in [3.05, 3.63) is 34.4 Å². The van der Waals surface area contributed by atoms with E-state index in [0.29, 0.717) is 51.3 Å². The number of nitrogens with zero attached hydrogens (tertiary/aromatic N) is 1. The number of alkyl halides is 6. The Balaban J connectivity index is 2.15. The zero-order valence-electron chi connectivity index (χ0n) is 16.1. The van der Waals surface area contributed by atoms with Gasteiger partial charge in [0.05, 0.1) is 16.7 Å². The van der Waals surface area contributed by atoms with Crippen molar-refractivity contribution in [2.75, 3.05) is 13.1 Å². The average molecular weight is 436 g/mol. The molecule has 1 aromatic rings. The van der Waals surface area contributed by atoms with Gasteiger partial charge in [-0.3, -0.25) is 14.5 Å². The molecule has 1 amide bonds. The summed E-state index contributed by atoms with van der Waals surface area (Å²) in [5.41, 5.74) is 0.948. The van der Waals surface area contributed by atoms with Crippen LogP contribution in [0.2, 0.25) is 0 Å². The van der Waals surface area contributed by atoms with Crippen LogP contribution in [0, 0.1) is 0 Å². The van der Waals surface area contributed by atoms with Crippen LogP contribution in [0.1, 0.15) is 71.5 Å². The lowest BCUT2D eigenvalue weighted by molar-refractivity contribution is -0.143. The molecule has 1 heterocycles. The molecule has 0 spiro atoms. The van der Waals surface area contributed by atoms with E-state index in [0.717, 1.165) is 6.42 Å². The third-order valence-corrected chi connectivity index (χ3v) is 6.00. The van der Waals surface area contributed by atoms with Gasteiger partial charge in [0.1, 0.15) is 5.78 Å². The molecule has 2 atom stereocenters. The molecule has 1 aliphatic carbocycles. The van der Waals surface area contributed by atoms with Gasteiger partial charge >= 0.3 is 12.4 Å². The van der Waals surface area contributed by atoms with Gasteiger partial charge in [-0.25, -0.2) is 0 Å². The van der Waals surface area contributed by atoms with Crippen LogP contribution >= 0.6 is 0 Å². The molecule has 2 aliphatic rings. The first kappa shape index (κ1) is 22.6. The molecule has 30 heavy (non-hydrogen) atoms. The Morgan fingerprint density at radius 1 is 0.967 bits per heavy atom. The molecule has 1 saturated heterocycles. The molecule has 2 unspecified atom stereocenters. The van der Waals surface area contributed by atoms with Crippen LogP contribution in [0.25, 0.3) is 0 Å². The summed E-state index contributed by atoms with van der Waals surface area (Å²) >= 11 is 0. The van der Waals surface area contributed by atoms with Crippen LogP contribution in [-0.4, -0.2) is 35.7 Å². The highest BCUT2D eigenvalue weighted by molar-refractivity contribution is 5.96. The van der Waals surface area contributed by atoms with Gasteiger partial charge in [-0.1, -0.05) is 12.8 Å². The van der Waals surface area contributed by atoms with Crippen molar-refractivity contribution in [3.8, 4) is 0 Å². The van der Waals surface area contributed by atoms with Gasteiger partial charge in [-0.2, -0.15) is 26.3 Å². The van der Waals surface area contributed by atoms with Gasteiger partial charge in [-0.15, -0.1) is 0 Å². The molecule has 0 aromatic heterocycles. The van der Waals surface area contributed by atoms with E-state index < -0.39 is 40.9 Å². The highest BCUT2D eigenvalue weighted by atomic mass is 19.4. The number of piperidine rings is 1. The fraction of sp³-hybridized carbons (Fsp3) is 0.600. The van der Waals surface area contributed by atoms with Crippen molar-refractivity contribution in [2.24, 2.45) is 5.73 Å². The Morgan fingerprint density at radius 2 is 1.57 bits per heavy atom. The molecule has 1 aliphatic heterocycles. The van der Waals surface area contributed by atoms with E-state index in [-0.39, 0.29) is 23.5 Å². The van der Waals surface area contributed by atoms with E-state index in [9.17, 15) is 35.9 Å². The molecule has 2 N–H and O–H groups in total. The number of amides is 1. The number of Topliss-reactive ketones (excluding diaryl/α,β-unsaturated/α-hetero) is 1. The zero-order chi connectivity index (χ0) is 22.3. The highest BCUT2D eigenvalue weighted by Crippen LogP contribution is 2.45. The molecule has 3 rings (SSSR count). The number of nitrogens with two attached hydrogens (primary N) is 1. The second-order valence-corrected chi connectivity index (χ2v) is 7.88. The predicted molar refractivity (Wildman–Crippen MR) is 95.8 cm³/mol. The Labute approximate surface area is 169 Å². The van der Waals surface area contributed by atoms with Crippen molar-refractivity contribution in [1.82, 2.24) is 4.90 Å². The summed E-state index contributed by atoms with van der Waals surface area (Å²) in [6.45, 7) is 0.800. The van der Waals surface area contributed by atoms with Crippen LogP contribution in [0.3, 0.4) is 0 Å². The van der Waals surface area contributed by atoms with Gasteiger partial charge in [-0.05, 0) is 30.5 Å². The molecular weight excluding hydrogens is 414 g/mol. The number of carbonyl (C=O) groups is 2. The van der Waals surface area contributed by atoms with Crippen molar-refractivity contribution >= 4 is 11.7 Å². The highest BCUT2D eigenvalue weighted by Gasteiger charge is 2.43. The molecule has 1 aromatic carbocycles. The number of ketones is 1. The normalized spacial score (nSPS) is 24.1. The fourth-order valence-electron chi connectivity index (χ4n) is 4.64. The minimum absolute atomic E-state index is 0.0407. The van der Waals surface area contributed by atoms with Crippen LogP contribution < -0.4 is 5.73 Å². The molecule has 0 bridgehead atoms. The third-order valence-electron chi connectivity index (χ3n) is 6.00. The molecule has 2 fully saturated rings. The number of rotatable bonds is 3. The van der Waals surface area contributed by atoms with Gasteiger partial charge in [0.2, 0.25) is 5.91 Å². The van der Waals surface area contributed by atoms with Crippen LogP contribution in [0.4, 0.5) is 26.3 Å². The minimum atomic E-state index is -5.16. The number of halogens is 6. The molecule has 1 saturated carbocycles. The van der Waals surface area contributed by atoms with E-state index in [2.05, 4.69) is 0 Å². The lowest BCUT2D eigenvalue weighted by Crippen LogP contribution is -2.46. The monoisotopic (exact) mass is 436 g/mol. The van der Waals surface area contributed by atoms with Crippen molar-refractivity contribution < 1.29 is 35.9 Å². The van der Waals surface area contributed by atoms with E-state index in [1.165, 1.54) is 0 Å². The van der Waals surface area contributed by atoms with E-state index in [1.54, 1.807) is 0 Å². The number of carbonyl (C=O) groups excluding carboxylic acids is 2. The average Bonchev–Trinajstić information content (AvgIpc) is 2.66. The summed E-state index contributed by atoms with van der Waals surface area (Å²) in [6.07, 6.45) is -7.30. The first-order chi connectivity index (χ1) is 13.9. The summed E-state index contributed by atoms with van der Waals surface area (Å²) in [4.78, 5) is 25.5. The number of hydrogen-bond acceptors (Lipinski definition) is 3. The lowest BCUT2D eigenvalue weighted by atomic mass is 9.75. The topological polar surface area (TPSA) is 63.4 Å². The molecule has 0 radical (unpaired) electrons. The maximum absolute atomic E-state index is 13.6. The minimum Gasteiger partial charge on any atom is -0.366 e. The second kappa shape index (κ2) is 8.20. The van der Waals surface area contributed by atoms with Crippen molar-refractivity contribution in [3.63, 3.8) is 0 Å². The zero-order valence-corrected chi connectivity index (χ0v) is 16.1. The van der Waals surface area contributed by atoms with E-state index in [4.69, 9.17) is 5.73 Å². The second-order valence-electron chi connectivity index (χ2n) is 7.88. The van der Waals surface area contributed by atoms with Crippen LogP contribution in [-0.2, 0) is 17.1 Å². The Bertz CT molecular complexity index is 824. The number of benzene rings is 1. The van der Waals surface area contributed by atoms with Gasteiger partial charge in [0.15, 0.2) is 0 Å². The maximum Gasteiger partial charge on any atom is 0.417 e. The summed E-state index contributed by atoms with van der Waals surface area (Å²) in [5, 5.41) is 0. The van der Waals surface area contributed by atoms with Crippen molar-refractivity contribution in [2.45, 2.75) is 62.8 Å². The SMILES string of the molecule is NC(=O)c1c(C2CCCCC2N2CCC(=O)CC2)cc(C(F)(F)F)cc1C(F)(F)F. The summed E-state index contributed by atoms with van der Waals surface area (Å²) < 4.78 is 81.0. The Kier molecular flexibility index (Phi) is 6.18. The van der Waals surface area contributed by atoms with Crippen LogP contribution in [0.5, 0.6) is 0 Å². The first-order valence-electron chi connectivity index (χ1n) is 9.77. The largest absolute Gasteiger partial charge is 0.417 e. The standard InChI is InChI=1S/C20H22F6N2O2/c21-19(22,23)11-9-14(17(18(27)30)15(10-11)20(24,25)26)13-3-1-2-4-16(13)28-7-5-12(29)6-8-28/h9-10,13,16H,1-8H2,(H2,27,30). The third kappa shape index (κ3) is 4.63.